The zero-order valence-corrected chi connectivity index (χ0v) is 10.5. The maximum absolute atomic E-state index is 9.71. The second-order valence-corrected chi connectivity index (χ2v) is 3.78. The molecule has 6 heteroatoms. The molecule has 2 aromatic rings. The average molecular weight is 246 g/mol. The van der Waals surface area contributed by atoms with Gasteiger partial charge in [0, 0.05) is 5.56 Å². The molecule has 0 aliphatic heterocycles. The highest BCUT2D eigenvalue weighted by Gasteiger charge is 2.03. The molecule has 0 atom stereocenters. The molecule has 0 aliphatic rings. The van der Waals surface area contributed by atoms with Gasteiger partial charge in [-0.1, -0.05) is 0 Å². The quantitative estimate of drug-likeness (QED) is 0.833. The lowest BCUT2D eigenvalue weighted by molar-refractivity contribution is 0.412. The summed E-state index contributed by atoms with van der Waals surface area (Å²) in [5, 5.41) is 21.7. The first-order valence-electron chi connectivity index (χ1n) is 5.42. The maximum Gasteiger partial charge on any atom is 0.151 e. The fourth-order valence-corrected chi connectivity index (χ4v) is 1.51. The van der Waals surface area contributed by atoms with Gasteiger partial charge in [-0.05, 0) is 32.0 Å². The maximum atomic E-state index is 9.71. The number of aromatic nitrogens is 3. The molecular weight excluding hydrogens is 232 g/mol. The summed E-state index contributed by atoms with van der Waals surface area (Å²) in [5.74, 6) is 2.17. The molecule has 0 saturated carbocycles. The van der Waals surface area contributed by atoms with Gasteiger partial charge >= 0.3 is 0 Å². The predicted octanol–water partition coefficient (Wildman–Crippen LogP) is 1.49. The second kappa shape index (κ2) is 4.87. The van der Waals surface area contributed by atoms with Crippen LogP contribution in [0.1, 0.15) is 17.2 Å². The summed E-state index contributed by atoms with van der Waals surface area (Å²) in [6.07, 6.45) is 1.54. The van der Waals surface area contributed by atoms with Crippen molar-refractivity contribution >= 4 is 6.21 Å². The Hall–Kier alpha value is -2.37. The van der Waals surface area contributed by atoms with E-state index < -0.39 is 0 Å². The molecule has 6 nitrogen and oxygen atoms in total. The first-order chi connectivity index (χ1) is 8.61. The number of phenolic OH excluding ortho intramolecular Hbond substituents is 1. The molecule has 1 aromatic carbocycles. The molecule has 0 fully saturated rings. The van der Waals surface area contributed by atoms with E-state index in [9.17, 15) is 5.11 Å². The van der Waals surface area contributed by atoms with Crippen LogP contribution in [0.2, 0.25) is 0 Å². The second-order valence-electron chi connectivity index (χ2n) is 3.78. The number of benzene rings is 1. The lowest BCUT2D eigenvalue weighted by Gasteiger charge is -2.03. The normalized spacial score (nSPS) is 11.1. The molecule has 2 rings (SSSR count). The molecule has 0 saturated heterocycles. The van der Waals surface area contributed by atoms with Crippen LogP contribution in [0, 0.1) is 13.8 Å². The molecule has 0 amide bonds. The molecule has 1 N–H and O–H groups in total. The lowest BCUT2D eigenvalue weighted by atomic mass is 10.2. The van der Waals surface area contributed by atoms with Gasteiger partial charge in [0.05, 0.1) is 13.3 Å². The molecule has 94 valence electrons. The fraction of sp³-hybridized carbons (Fsp3) is 0.250. The van der Waals surface area contributed by atoms with Crippen LogP contribution in [0.4, 0.5) is 0 Å². The van der Waals surface area contributed by atoms with E-state index in [1.807, 2.05) is 13.8 Å². The van der Waals surface area contributed by atoms with Crippen molar-refractivity contribution in [2.24, 2.45) is 5.10 Å². The van der Waals surface area contributed by atoms with Crippen molar-refractivity contribution in [3.63, 3.8) is 0 Å². The fourth-order valence-electron chi connectivity index (χ4n) is 1.51. The zero-order chi connectivity index (χ0) is 13.1. The number of phenols is 1. The number of rotatable bonds is 3. The highest BCUT2D eigenvalue weighted by Crippen LogP contribution is 2.21. The van der Waals surface area contributed by atoms with E-state index in [1.165, 1.54) is 0 Å². The van der Waals surface area contributed by atoms with Gasteiger partial charge in [-0.3, -0.25) is 0 Å². The van der Waals surface area contributed by atoms with Crippen LogP contribution in [-0.2, 0) is 0 Å². The summed E-state index contributed by atoms with van der Waals surface area (Å²) in [7, 11) is 1.57. The van der Waals surface area contributed by atoms with Gasteiger partial charge in [0.25, 0.3) is 0 Å². The summed E-state index contributed by atoms with van der Waals surface area (Å²) < 4.78 is 6.69. The van der Waals surface area contributed by atoms with E-state index in [0.29, 0.717) is 23.0 Å². The minimum Gasteiger partial charge on any atom is -0.507 e. The third-order valence-electron chi connectivity index (χ3n) is 2.50. The van der Waals surface area contributed by atoms with E-state index in [2.05, 4.69) is 15.3 Å². The predicted molar refractivity (Wildman–Crippen MR) is 67.1 cm³/mol. The van der Waals surface area contributed by atoms with E-state index in [4.69, 9.17) is 4.74 Å². The van der Waals surface area contributed by atoms with Crippen molar-refractivity contribution in [3.8, 4) is 11.5 Å². The molecule has 0 spiro atoms. The third-order valence-corrected chi connectivity index (χ3v) is 2.50. The molecule has 0 unspecified atom stereocenters. The Balaban J connectivity index is 2.34. The summed E-state index contributed by atoms with van der Waals surface area (Å²) >= 11 is 0. The van der Waals surface area contributed by atoms with Gasteiger partial charge in [0.1, 0.15) is 11.5 Å². The van der Waals surface area contributed by atoms with Crippen LogP contribution in [0.25, 0.3) is 0 Å². The molecular formula is C12H14N4O2. The Morgan fingerprint density at radius 3 is 2.56 bits per heavy atom. The van der Waals surface area contributed by atoms with Crippen LogP contribution in [0.5, 0.6) is 11.5 Å². The van der Waals surface area contributed by atoms with Gasteiger partial charge in [0.2, 0.25) is 0 Å². The van der Waals surface area contributed by atoms with Crippen LogP contribution in [0.3, 0.4) is 0 Å². The molecule has 0 bridgehead atoms. The van der Waals surface area contributed by atoms with E-state index >= 15 is 0 Å². The molecule has 18 heavy (non-hydrogen) atoms. The topological polar surface area (TPSA) is 72.5 Å². The minimum absolute atomic E-state index is 0.142. The van der Waals surface area contributed by atoms with E-state index in [1.54, 1.807) is 36.2 Å². The highest BCUT2D eigenvalue weighted by atomic mass is 16.5. The molecule has 0 aliphatic carbocycles. The third kappa shape index (κ3) is 2.32. The Kier molecular flexibility index (Phi) is 3.27. The lowest BCUT2D eigenvalue weighted by Crippen LogP contribution is -1.96. The zero-order valence-electron chi connectivity index (χ0n) is 10.5. The summed E-state index contributed by atoms with van der Waals surface area (Å²) in [6.45, 7) is 3.62. The number of methoxy groups -OCH3 is 1. The Bertz CT molecular complexity index is 570. The van der Waals surface area contributed by atoms with Gasteiger partial charge in [-0.15, -0.1) is 10.2 Å². The Morgan fingerprint density at radius 1 is 1.28 bits per heavy atom. The molecule has 1 aromatic heterocycles. The van der Waals surface area contributed by atoms with Crippen LogP contribution in [-0.4, -0.2) is 33.3 Å². The monoisotopic (exact) mass is 246 g/mol. The van der Waals surface area contributed by atoms with Gasteiger partial charge < -0.3 is 9.84 Å². The van der Waals surface area contributed by atoms with Crippen molar-refractivity contribution in [2.75, 3.05) is 7.11 Å². The SMILES string of the molecule is COc1ccc(O)c(C=Nn2c(C)nnc2C)c1. The van der Waals surface area contributed by atoms with Gasteiger partial charge in [-0.2, -0.15) is 5.10 Å². The van der Waals surface area contributed by atoms with Gasteiger partial charge in [-0.25, -0.2) is 4.68 Å². The van der Waals surface area contributed by atoms with Crippen molar-refractivity contribution in [1.29, 1.82) is 0 Å². The first kappa shape index (κ1) is 12.1. The number of hydrogen-bond donors (Lipinski definition) is 1. The standard InChI is InChI=1S/C12H14N4O2/c1-8-14-15-9(2)16(8)13-7-10-6-11(18-3)4-5-12(10)17/h4-7,17H,1-3H3. The van der Waals surface area contributed by atoms with Crippen LogP contribution in [0.15, 0.2) is 23.3 Å². The Morgan fingerprint density at radius 2 is 1.94 bits per heavy atom. The Labute approximate surface area is 105 Å². The minimum atomic E-state index is 0.142. The van der Waals surface area contributed by atoms with Gasteiger partial charge in [0.15, 0.2) is 11.6 Å². The van der Waals surface area contributed by atoms with Crippen LogP contribution >= 0.6 is 0 Å². The van der Waals surface area contributed by atoms with Crippen molar-refractivity contribution in [2.45, 2.75) is 13.8 Å². The summed E-state index contributed by atoms with van der Waals surface area (Å²) in [5.41, 5.74) is 0.571. The van der Waals surface area contributed by atoms with E-state index in [-0.39, 0.29) is 5.75 Å². The number of nitrogens with zero attached hydrogens (tertiary/aromatic N) is 4. The average Bonchev–Trinajstić information content (AvgIpc) is 2.68. The highest BCUT2D eigenvalue weighted by molar-refractivity contribution is 5.83. The van der Waals surface area contributed by atoms with Crippen LogP contribution < -0.4 is 4.74 Å². The summed E-state index contributed by atoms with van der Waals surface area (Å²) in [4.78, 5) is 0. The number of ether oxygens (including phenoxy) is 1. The number of hydrogen-bond acceptors (Lipinski definition) is 5. The number of aryl methyl sites for hydroxylation is 2. The first-order valence-corrected chi connectivity index (χ1v) is 5.42. The van der Waals surface area contributed by atoms with Crippen molar-refractivity contribution in [3.05, 3.63) is 35.4 Å². The van der Waals surface area contributed by atoms with Crippen molar-refractivity contribution in [1.82, 2.24) is 14.9 Å². The van der Waals surface area contributed by atoms with Crippen molar-refractivity contribution < 1.29 is 9.84 Å². The number of aromatic hydroxyl groups is 1. The largest absolute Gasteiger partial charge is 0.507 e. The molecule has 0 radical (unpaired) electrons. The smallest absolute Gasteiger partial charge is 0.151 e. The summed E-state index contributed by atoms with van der Waals surface area (Å²) in [6, 6.07) is 4.95. The molecule has 1 heterocycles. The van der Waals surface area contributed by atoms with E-state index in [0.717, 1.165) is 0 Å².